The maximum absolute atomic E-state index is 12.4. The smallest absolute Gasteiger partial charge is 0.269 e. The second kappa shape index (κ2) is 6.36. The Balaban J connectivity index is 2.28. The first kappa shape index (κ1) is 15.7. The predicted octanol–water partition coefficient (Wildman–Crippen LogP) is 4.40. The second-order valence-electron chi connectivity index (χ2n) is 4.26. The number of nitro groups is 1. The number of carbonyl (C=O) groups excluding carboxylic acids is 1. The minimum atomic E-state index is -0.475. The van der Waals surface area contributed by atoms with Crippen molar-refractivity contribution < 1.29 is 9.72 Å². The van der Waals surface area contributed by atoms with Gasteiger partial charge in [0, 0.05) is 33.8 Å². The summed E-state index contributed by atoms with van der Waals surface area (Å²) in [6, 6.07) is 11.1. The van der Waals surface area contributed by atoms with E-state index in [1.165, 1.54) is 17.0 Å². The first-order chi connectivity index (χ1) is 9.90. The van der Waals surface area contributed by atoms with Crippen molar-refractivity contribution in [2.45, 2.75) is 0 Å². The molecule has 108 valence electrons. The maximum Gasteiger partial charge on any atom is 0.269 e. The highest BCUT2D eigenvalue weighted by atomic mass is 79.9. The van der Waals surface area contributed by atoms with Gasteiger partial charge in [-0.15, -0.1) is 0 Å². The van der Waals surface area contributed by atoms with Crippen LogP contribution in [0.3, 0.4) is 0 Å². The summed E-state index contributed by atoms with van der Waals surface area (Å²) in [5.74, 6) is -0.205. The number of non-ortho nitro benzene ring substituents is 1. The van der Waals surface area contributed by atoms with E-state index in [0.29, 0.717) is 15.7 Å². The highest BCUT2D eigenvalue weighted by molar-refractivity contribution is 9.11. The van der Waals surface area contributed by atoms with Crippen molar-refractivity contribution in [2.75, 3.05) is 11.9 Å². The van der Waals surface area contributed by atoms with Gasteiger partial charge in [0.15, 0.2) is 0 Å². The molecule has 0 aliphatic carbocycles. The number of hydrogen-bond donors (Lipinski definition) is 0. The normalized spacial score (nSPS) is 10.2. The van der Waals surface area contributed by atoms with Gasteiger partial charge in [-0.2, -0.15) is 0 Å². The maximum atomic E-state index is 12.4. The molecule has 1 amide bonds. The summed E-state index contributed by atoms with van der Waals surface area (Å²) < 4.78 is 1.54. The highest BCUT2D eigenvalue weighted by Gasteiger charge is 2.17. The molecule has 0 radical (unpaired) electrons. The Morgan fingerprint density at radius 1 is 1.14 bits per heavy atom. The van der Waals surface area contributed by atoms with Crippen LogP contribution in [0.15, 0.2) is 51.4 Å². The van der Waals surface area contributed by atoms with Crippen LogP contribution in [-0.4, -0.2) is 17.9 Å². The predicted molar refractivity (Wildman–Crippen MR) is 87.7 cm³/mol. The summed E-state index contributed by atoms with van der Waals surface area (Å²) in [5, 5.41) is 10.6. The minimum Gasteiger partial charge on any atom is -0.311 e. The van der Waals surface area contributed by atoms with Gasteiger partial charge in [0.1, 0.15) is 0 Å². The number of nitrogens with zero attached hydrogens (tertiary/aromatic N) is 2. The first-order valence-electron chi connectivity index (χ1n) is 5.87. The monoisotopic (exact) mass is 412 g/mol. The van der Waals surface area contributed by atoms with Gasteiger partial charge in [-0.1, -0.05) is 15.9 Å². The molecule has 0 saturated heterocycles. The Bertz CT molecular complexity index is 702. The van der Waals surface area contributed by atoms with E-state index < -0.39 is 4.92 Å². The van der Waals surface area contributed by atoms with E-state index in [1.807, 2.05) is 0 Å². The molecule has 21 heavy (non-hydrogen) atoms. The van der Waals surface area contributed by atoms with Crippen LogP contribution < -0.4 is 4.90 Å². The van der Waals surface area contributed by atoms with Crippen molar-refractivity contribution in [1.82, 2.24) is 0 Å². The van der Waals surface area contributed by atoms with Gasteiger partial charge in [-0.05, 0) is 46.3 Å². The van der Waals surface area contributed by atoms with Gasteiger partial charge < -0.3 is 4.90 Å². The van der Waals surface area contributed by atoms with Crippen molar-refractivity contribution in [3.05, 3.63) is 67.1 Å². The Morgan fingerprint density at radius 3 is 2.29 bits per heavy atom. The average molecular weight is 414 g/mol. The lowest BCUT2D eigenvalue weighted by Gasteiger charge is -2.18. The third-order valence-electron chi connectivity index (χ3n) is 2.91. The summed E-state index contributed by atoms with van der Waals surface area (Å²) in [5.41, 5.74) is 1.09. The molecular weight excluding hydrogens is 404 g/mol. The van der Waals surface area contributed by atoms with Crippen molar-refractivity contribution in [3.63, 3.8) is 0 Å². The van der Waals surface area contributed by atoms with Crippen LogP contribution in [0.1, 0.15) is 10.4 Å². The second-order valence-corrected chi connectivity index (χ2v) is 6.03. The SMILES string of the molecule is CN(C(=O)c1ccc(Br)cc1Br)c1ccc([N+](=O)[O-])cc1. The number of hydrogen-bond acceptors (Lipinski definition) is 3. The van der Waals surface area contributed by atoms with Gasteiger partial charge in [-0.25, -0.2) is 0 Å². The Morgan fingerprint density at radius 2 is 1.76 bits per heavy atom. The molecule has 0 aromatic heterocycles. The lowest BCUT2D eigenvalue weighted by molar-refractivity contribution is -0.384. The molecular formula is C14H10Br2N2O3. The van der Waals surface area contributed by atoms with E-state index in [1.54, 1.807) is 37.4 Å². The van der Waals surface area contributed by atoms with Crippen LogP contribution in [0.2, 0.25) is 0 Å². The molecule has 0 N–H and O–H groups in total. The molecule has 0 aliphatic heterocycles. The van der Waals surface area contributed by atoms with Crippen molar-refractivity contribution >= 4 is 49.1 Å². The van der Waals surface area contributed by atoms with Crippen molar-refractivity contribution in [3.8, 4) is 0 Å². The fourth-order valence-electron chi connectivity index (χ4n) is 1.76. The number of anilines is 1. The van der Waals surface area contributed by atoms with E-state index in [0.717, 1.165) is 4.47 Å². The summed E-state index contributed by atoms with van der Waals surface area (Å²) in [4.78, 5) is 24.0. The van der Waals surface area contributed by atoms with E-state index in [9.17, 15) is 14.9 Å². The number of carbonyl (C=O) groups is 1. The molecule has 7 heteroatoms. The summed E-state index contributed by atoms with van der Waals surface area (Å²) >= 11 is 6.68. The number of rotatable bonds is 3. The molecule has 0 heterocycles. The van der Waals surface area contributed by atoms with Crippen LogP contribution in [0.4, 0.5) is 11.4 Å². The lowest BCUT2D eigenvalue weighted by Crippen LogP contribution is -2.26. The van der Waals surface area contributed by atoms with Gasteiger partial charge >= 0.3 is 0 Å². The first-order valence-corrected chi connectivity index (χ1v) is 7.46. The lowest BCUT2D eigenvalue weighted by atomic mass is 10.2. The molecule has 0 unspecified atom stereocenters. The van der Waals surface area contributed by atoms with E-state index in [2.05, 4.69) is 31.9 Å². The number of amides is 1. The number of halogens is 2. The van der Waals surface area contributed by atoms with Crippen LogP contribution in [0.5, 0.6) is 0 Å². The number of benzene rings is 2. The third kappa shape index (κ3) is 3.48. The standard InChI is InChI=1S/C14H10Br2N2O3/c1-17(10-3-5-11(6-4-10)18(20)21)14(19)12-7-2-9(15)8-13(12)16/h2-8H,1H3. The molecule has 5 nitrogen and oxygen atoms in total. The van der Waals surface area contributed by atoms with Gasteiger partial charge in [-0.3, -0.25) is 14.9 Å². The Hall–Kier alpha value is -1.73. The zero-order valence-corrected chi connectivity index (χ0v) is 14.1. The summed E-state index contributed by atoms with van der Waals surface area (Å²) in [6.45, 7) is 0. The van der Waals surface area contributed by atoms with Crippen LogP contribution in [-0.2, 0) is 0 Å². The number of nitro benzene ring substituents is 1. The van der Waals surface area contributed by atoms with Gasteiger partial charge in [0.25, 0.3) is 11.6 Å². The fraction of sp³-hybridized carbons (Fsp3) is 0.0714. The zero-order chi connectivity index (χ0) is 15.6. The minimum absolute atomic E-state index is 0.00980. The summed E-state index contributed by atoms with van der Waals surface area (Å²) in [7, 11) is 1.62. The molecule has 0 fully saturated rings. The van der Waals surface area contributed by atoms with Crippen LogP contribution in [0, 0.1) is 10.1 Å². The van der Waals surface area contributed by atoms with Crippen LogP contribution >= 0.6 is 31.9 Å². The topological polar surface area (TPSA) is 63.5 Å². The van der Waals surface area contributed by atoms with Crippen molar-refractivity contribution in [2.24, 2.45) is 0 Å². The molecule has 0 atom stereocenters. The molecule has 0 saturated carbocycles. The zero-order valence-electron chi connectivity index (χ0n) is 10.9. The largest absolute Gasteiger partial charge is 0.311 e. The molecule has 2 aromatic rings. The van der Waals surface area contributed by atoms with Gasteiger partial charge in [0.05, 0.1) is 10.5 Å². The molecule has 2 rings (SSSR count). The van der Waals surface area contributed by atoms with E-state index in [-0.39, 0.29) is 11.6 Å². The van der Waals surface area contributed by atoms with Crippen molar-refractivity contribution in [1.29, 1.82) is 0 Å². The third-order valence-corrected chi connectivity index (χ3v) is 4.06. The Kier molecular flexibility index (Phi) is 4.74. The molecule has 0 bridgehead atoms. The quantitative estimate of drug-likeness (QED) is 0.553. The van der Waals surface area contributed by atoms with Gasteiger partial charge in [0.2, 0.25) is 0 Å². The van der Waals surface area contributed by atoms with E-state index in [4.69, 9.17) is 0 Å². The molecule has 0 spiro atoms. The fourth-order valence-corrected chi connectivity index (χ4v) is 2.98. The van der Waals surface area contributed by atoms with E-state index >= 15 is 0 Å². The summed E-state index contributed by atoms with van der Waals surface area (Å²) in [6.07, 6.45) is 0. The average Bonchev–Trinajstić information content (AvgIpc) is 2.46. The van der Waals surface area contributed by atoms with Crippen LogP contribution in [0.25, 0.3) is 0 Å². The Labute approximate surface area is 138 Å². The molecule has 2 aromatic carbocycles. The highest BCUT2D eigenvalue weighted by Crippen LogP contribution is 2.25. The molecule has 0 aliphatic rings.